The zero-order valence-corrected chi connectivity index (χ0v) is 14.0. The van der Waals surface area contributed by atoms with Crippen LogP contribution in [0.15, 0.2) is 23.4 Å². The van der Waals surface area contributed by atoms with Crippen molar-refractivity contribution in [1.29, 1.82) is 0 Å². The SMILES string of the molecule is CCSc1nc(Nc2ccc(C)c(C)c2)nc(N(C)C)n1. The predicted octanol–water partition coefficient (Wildman–Crippen LogP) is 3.41. The minimum Gasteiger partial charge on any atom is -0.347 e. The van der Waals surface area contributed by atoms with Crippen LogP contribution in [0.5, 0.6) is 0 Å². The second kappa shape index (κ2) is 6.76. The Morgan fingerprint density at radius 3 is 2.48 bits per heavy atom. The van der Waals surface area contributed by atoms with E-state index in [2.05, 4.69) is 53.2 Å². The number of benzene rings is 1. The van der Waals surface area contributed by atoms with Crippen molar-refractivity contribution in [3.8, 4) is 0 Å². The molecule has 2 rings (SSSR count). The smallest absolute Gasteiger partial charge is 0.233 e. The molecule has 0 unspecified atom stereocenters. The Bertz CT molecular complexity index is 627. The van der Waals surface area contributed by atoms with Gasteiger partial charge in [-0.05, 0) is 42.9 Å². The van der Waals surface area contributed by atoms with E-state index in [-0.39, 0.29) is 0 Å². The van der Waals surface area contributed by atoms with Crippen molar-refractivity contribution in [2.24, 2.45) is 0 Å². The fraction of sp³-hybridized carbons (Fsp3) is 0.400. The quantitative estimate of drug-likeness (QED) is 0.854. The van der Waals surface area contributed by atoms with Crippen LogP contribution in [0, 0.1) is 13.8 Å². The van der Waals surface area contributed by atoms with E-state index in [0.717, 1.165) is 16.6 Å². The molecule has 0 saturated heterocycles. The summed E-state index contributed by atoms with van der Waals surface area (Å²) >= 11 is 1.61. The standard InChI is InChI=1S/C15H21N5S/c1-6-21-15-18-13(17-14(19-15)20(4)5)16-12-8-7-10(2)11(3)9-12/h7-9H,6H2,1-5H3,(H,16,17,18,19). The largest absolute Gasteiger partial charge is 0.347 e. The Kier molecular flexibility index (Phi) is 5.01. The Morgan fingerprint density at radius 2 is 1.86 bits per heavy atom. The van der Waals surface area contributed by atoms with E-state index in [4.69, 9.17) is 0 Å². The number of hydrogen-bond acceptors (Lipinski definition) is 6. The lowest BCUT2D eigenvalue weighted by Crippen LogP contribution is -2.15. The minimum atomic E-state index is 0.577. The zero-order chi connectivity index (χ0) is 15.4. The number of nitrogens with zero attached hydrogens (tertiary/aromatic N) is 4. The highest BCUT2D eigenvalue weighted by Gasteiger charge is 2.08. The summed E-state index contributed by atoms with van der Waals surface area (Å²) in [5, 5.41) is 4.00. The maximum Gasteiger partial charge on any atom is 0.233 e. The number of nitrogens with one attached hydrogen (secondary N) is 1. The maximum atomic E-state index is 4.46. The normalized spacial score (nSPS) is 10.5. The monoisotopic (exact) mass is 303 g/mol. The lowest BCUT2D eigenvalue weighted by molar-refractivity contribution is 0.873. The van der Waals surface area contributed by atoms with Crippen LogP contribution in [-0.2, 0) is 0 Å². The molecule has 0 aliphatic rings. The van der Waals surface area contributed by atoms with Crippen molar-refractivity contribution in [2.75, 3.05) is 30.1 Å². The van der Waals surface area contributed by atoms with Gasteiger partial charge in [-0.2, -0.15) is 15.0 Å². The van der Waals surface area contributed by atoms with E-state index in [1.807, 2.05) is 25.1 Å². The van der Waals surface area contributed by atoms with Gasteiger partial charge in [-0.1, -0.05) is 24.8 Å². The topological polar surface area (TPSA) is 53.9 Å². The van der Waals surface area contributed by atoms with Crippen LogP contribution in [0.1, 0.15) is 18.1 Å². The summed E-state index contributed by atoms with van der Waals surface area (Å²) in [7, 11) is 3.85. The van der Waals surface area contributed by atoms with E-state index < -0.39 is 0 Å². The fourth-order valence-electron chi connectivity index (χ4n) is 1.74. The van der Waals surface area contributed by atoms with Gasteiger partial charge in [0.1, 0.15) is 0 Å². The van der Waals surface area contributed by atoms with Crippen LogP contribution in [0.3, 0.4) is 0 Å². The summed E-state index contributed by atoms with van der Waals surface area (Å²) < 4.78 is 0. The van der Waals surface area contributed by atoms with Gasteiger partial charge in [-0.15, -0.1) is 0 Å². The molecule has 0 aliphatic carbocycles. The third-order valence-corrected chi connectivity index (χ3v) is 3.77. The van der Waals surface area contributed by atoms with Crippen LogP contribution < -0.4 is 10.2 Å². The van der Waals surface area contributed by atoms with E-state index in [9.17, 15) is 0 Å². The van der Waals surface area contributed by atoms with Crippen molar-refractivity contribution in [2.45, 2.75) is 25.9 Å². The average Bonchev–Trinajstić information content (AvgIpc) is 2.43. The van der Waals surface area contributed by atoms with Gasteiger partial charge < -0.3 is 10.2 Å². The summed E-state index contributed by atoms with van der Waals surface area (Å²) in [6, 6.07) is 6.22. The minimum absolute atomic E-state index is 0.577. The molecule has 1 N–H and O–H groups in total. The third kappa shape index (κ3) is 4.07. The molecule has 0 fully saturated rings. The molecule has 2 aromatic rings. The van der Waals surface area contributed by atoms with Gasteiger partial charge in [0, 0.05) is 19.8 Å². The molecule has 5 nitrogen and oxygen atoms in total. The molecule has 21 heavy (non-hydrogen) atoms. The lowest BCUT2D eigenvalue weighted by Gasteiger charge is -2.13. The van der Waals surface area contributed by atoms with Crippen LogP contribution in [0.4, 0.5) is 17.6 Å². The molecule has 0 amide bonds. The predicted molar refractivity (Wildman–Crippen MR) is 89.8 cm³/mol. The van der Waals surface area contributed by atoms with Gasteiger partial charge >= 0.3 is 0 Å². The first-order valence-corrected chi connectivity index (χ1v) is 7.88. The van der Waals surface area contributed by atoms with Crippen LogP contribution in [0.2, 0.25) is 0 Å². The lowest BCUT2D eigenvalue weighted by atomic mass is 10.1. The highest BCUT2D eigenvalue weighted by atomic mass is 32.2. The van der Waals surface area contributed by atoms with E-state index in [1.165, 1.54) is 11.1 Å². The maximum absolute atomic E-state index is 4.46. The first kappa shape index (κ1) is 15.6. The number of aryl methyl sites for hydroxylation is 2. The van der Waals surface area contributed by atoms with E-state index in [1.54, 1.807) is 11.8 Å². The third-order valence-electron chi connectivity index (χ3n) is 3.04. The molecule has 6 heteroatoms. The van der Waals surface area contributed by atoms with Gasteiger partial charge in [0.15, 0.2) is 5.16 Å². The first-order chi connectivity index (χ1) is 9.99. The highest BCUT2D eigenvalue weighted by molar-refractivity contribution is 7.99. The van der Waals surface area contributed by atoms with Gasteiger partial charge in [0.2, 0.25) is 11.9 Å². The summed E-state index contributed by atoms with van der Waals surface area (Å²) in [6.07, 6.45) is 0. The Balaban J connectivity index is 2.31. The summed E-state index contributed by atoms with van der Waals surface area (Å²) in [5.41, 5.74) is 3.50. The van der Waals surface area contributed by atoms with Crippen LogP contribution in [0.25, 0.3) is 0 Å². The van der Waals surface area contributed by atoms with Crippen molar-refractivity contribution in [3.05, 3.63) is 29.3 Å². The molecular formula is C15H21N5S. The number of hydrogen-bond donors (Lipinski definition) is 1. The second-order valence-corrected chi connectivity index (χ2v) is 6.22. The molecular weight excluding hydrogens is 282 g/mol. The highest BCUT2D eigenvalue weighted by Crippen LogP contribution is 2.21. The van der Waals surface area contributed by atoms with Crippen molar-refractivity contribution >= 4 is 29.3 Å². The van der Waals surface area contributed by atoms with Crippen molar-refractivity contribution < 1.29 is 0 Å². The number of aromatic nitrogens is 3. The molecule has 0 atom stereocenters. The van der Waals surface area contributed by atoms with Gasteiger partial charge in [0.05, 0.1) is 0 Å². The molecule has 1 aromatic carbocycles. The summed E-state index contributed by atoms with van der Waals surface area (Å²) in [4.78, 5) is 15.2. The molecule has 112 valence electrons. The summed E-state index contributed by atoms with van der Waals surface area (Å²) in [6.45, 7) is 6.28. The van der Waals surface area contributed by atoms with Gasteiger partial charge in [-0.3, -0.25) is 0 Å². The Labute approximate surface area is 130 Å². The summed E-state index contributed by atoms with van der Waals surface area (Å²) in [5.74, 6) is 2.17. The molecule has 0 aliphatic heterocycles. The van der Waals surface area contributed by atoms with Crippen molar-refractivity contribution in [3.63, 3.8) is 0 Å². The van der Waals surface area contributed by atoms with E-state index in [0.29, 0.717) is 11.9 Å². The molecule has 1 aromatic heterocycles. The van der Waals surface area contributed by atoms with Crippen LogP contribution >= 0.6 is 11.8 Å². The van der Waals surface area contributed by atoms with E-state index >= 15 is 0 Å². The van der Waals surface area contributed by atoms with Crippen LogP contribution in [-0.4, -0.2) is 34.8 Å². The number of anilines is 3. The van der Waals surface area contributed by atoms with Gasteiger partial charge in [-0.25, -0.2) is 0 Å². The Morgan fingerprint density at radius 1 is 1.10 bits per heavy atom. The van der Waals surface area contributed by atoms with Crippen molar-refractivity contribution in [1.82, 2.24) is 15.0 Å². The molecule has 1 heterocycles. The zero-order valence-electron chi connectivity index (χ0n) is 13.1. The first-order valence-electron chi connectivity index (χ1n) is 6.90. The molecule has 0 bridgehead atoms. The average molecular weight is 303 g/mol. The van der Waals surface area contributed by atoms with Gasteiger partial charge in [0.25, 0.3) is 0 Å². The Hall–Kier alpha value is -1.82. The molecule has 0 spiro atoms. The fourth-order valence-corrected chi connectivity index (χ4v) is 2.30. The number of thioether (sulfide) groups is 1. The number of rotatable bonds is 5. The second-order valence-electron chi connectivity index (χ2n) is 4.99. The molecule has 0 radical (unpaired) electrons. The molecule has 0 saturated carbocycles.